The molecule has 1 fully saturated rings. The van der Waals surface area contributed by atoms with Gasteiger partial charge in [-0.2, -0.15) is 4.39 Å². The molecule has 134 valence electrons. The van der Waals surface area contributed by atoms with Crippen LogP contribution in [-0.2, 0) is 0 Å². The van der Waals surface area contributed by atoms with E-state index in [1.54, 1.807) is 12.3 Å². The Balaban J connectivity index is 1.93. The molecule has 1 saturated carbocycles. The van der Waals surface area contributed by atoms with Crippen molar-refractivity contribution in [3.05, 3.63) is 35.5 Å². The third kappa shape index (κ3) is 4.19. The van der Waals surface area contributed by atoms with Crippen LogP contribution in [0.25, 0.3) is 11.3 Å². The molecule has 2 aromatic heterocycles. The van der Waals surface area contributed by atoms with Crippen molar-refractivity contribution >= 4 is 17.3 Å². The summed E-state index contributed by atoms with van der Waals surface area (Å²) in [6.45, 7) is 1.86. The van der Waals surface area contributed by atoms with Crippen LogP contribution in [-0.4, -0.2) is 33.8 Å². The van der Waals surface area contributed by atoms with Gasteiger partial charge in [-0.25, -0.2) is 9.97 Å². The highest BCUT2D eigenvalue weighted by Gasteiger charge is 2.29. The lowest BCUT2D eigenvalue weighted by atomic mass is 9.83. The number of aliphatic hydroxyl groups is 1. The first-order valence-corrected chi connectivity index (χ1v) is 8.61. The lowest BCUT2D eigenvalue weighted by molar-refractivity contribution is 0.0196. The van der Waals surface area contributed by atoms with Crippen molar-refractivity contribution in [2.45, 2.75) is 44.2 Å². The molecular formula is C18H21ClFN3O2. The van der Waals surface area contributed by atoms with Crippen LogP contribution in [0, 0.1) is 5.95 Å². The summed E-state index contributed by atoms with van der Waals surface area (Å²) < 4.78 is 19.0. The first-order valence-electron chi connectivity index (χ1n) is 8.23. The van der Waals surface area contributed by atoms with E-state index in [9.17, 15) is 9.50 Å². The highest BCUT2D eigenvalue weighted by Crippen LogP contribution is 2.36. The SMILES string of the molecule is COc1ccc(F)nc1-c1cnc(Cl)cc1NC1CCC(C)(O)CC1. The maximum atomic E-state index is 13.7. The van der Waals surface area contributed by atoms with Crippen LogP contribution in [0.5, 0.6) is 5.75 Å². The molecule has 3 rings (SSSR count). The summed E-state index contributed by atoms with van der Waals surface area (Å²) in [5, 5.41) is 13.9. The Morgan fingerprint density at radius 3 is 2.76 bits per heavy atom. The van der Waals surface area contributed by atoms with Crippen LogP contribution < -0.4 is 10.1 Å². The number of hydrogen-bond acceptors (Lipinski definition) is 5. The van der Waals surface area contributed by atoms with Gasteiger partial charge in [0.1, 0.15) is 16.6 Å². The summed E-state index contributed by atoms with van der Waals surface area (Å²) in [5.74, 6) is -0.134. The van der Waals surface area contributed by atoms with E-state index in [0.29, 0.717) is 22.2 Å². The fraction of sp³-hybridized carbons (Fsp3) is 0.444. The molecule has 25 heavy (non-hydrogen) atoms. The van der Waals surface area contributed by atoms with Crippen LogP contribution >= 0.6 is 11.6 Å². The predicted octanol–water partition coefficient (Wildman–Crippen LogP) is 4.05. The number of hydrogen-bond donors (Lipinski definition) is 2. The molecule has 1 aliphatic carbocycles. The van der Waals surface area contributed by atoms with Gasteiger partial charge in [-0.3, -0.25) is 0 Å². The second-order valence-electron chi connectivity index (χ2n) is 6.65. The highest BCUT2D eigenvalue weighted by molar-refractivity contribution is 6.29. The third-order valence-electron chi connectivity index (χ3n) is 4.59. The average Bonchev–Trinajstić information content (AvgIpc) is 2.57. The topological polar surface area (TPSA) is 67.3 Å². The number of rotatable bonds is 4. The molecule has 5 nitrogen and oxygen atoms in total. The van der Waals surface area contributed by atoms with Crippen molar-refractivity contribution in [3.63, 3.8) is 0 Å². The van der Waals surface area contributed by atoms with Crippen LogP contribution in [0.15, 0.2) is 24.4 Å². The molecule has 2 N–H and O–H groups in total. The Labute approximate surface area is 151 Å². The minimum atomic E-state index is -0.607. The zero-order valence-electron chi connectivity index (χ0n) is 14.2. The van der Waals surface area contributed by atoms with Gasteiger partial charge in [0.25, 0.3) is 0 Å². The normalized spacial score (nSPS) is 23.3. The molecule has 0 bridgehead atoms. The van der Waals surface area contributed by atoms with E-state index in [-0.39, 0.29) is 6.04 Å². The summed E-state index contributed by atoms with van der Waals surface area (Å²) in [5.41, 5.74) is 1.11. The van der Waals surface area contributed by atoms with Crippen molar-refractivity contribution in [2.24, 2.45) is 0 Å². The smallest absolute Gasteiger partial charge is 0.213 e. The molecule has 0 aliphatic heterocycles. The molecule has 0 radical (unpaired) electrons. The Kier molecular flexibility index (Phi) is 5.11. The number of halogens is 2. The summed E-state index contributed by atoms with van der Waals surface area (Å²) in [4.78, 5) is 8.07. The fourth-order valence-electron chi connectivity index (χ4n) is 3.12. The maximum absolute atomic E-state index is 13.7. The largest absolute Gasteiger partial charge is 0.494 e. The van der Waals surface area contributed by atoms with Crippen molar-refractivity contribution in [1.29, 1.82) is 0 Å². The lowest BCUT2D eigenvalue weighted by Gasteiger charge is -2.34. The molecular weight excluding hydrogens is 345 g/mol. The standard InChI is InChI=1S/C18H21ClFN3O2/c1-18(24)7-5-11(6-8-18)22-13-9-15(19)21-10-12(13)17-14(25-2)3-4-16(20)23-17/h3-4,9-11,24H,5-8H2,1-2H3,(H,21,22). The Hall–Kier alpha value is -1.92. The predicted molar refractivity (Wildman–Crippen MR) is 95.5 cm³/mol. The van der Waals surface area contributed by atoms with Gasteiger partial charge in [-0.05, 0) is 50.8 Å². The van der Waals surface area contributed by atoms with Gasteiger partial charge in [0.2, 0.25) is 5.95 Å². The Bertz CT molecular complexity index is 760. The average molecular weight is 366 g/mol. The number of ether oxygens (including phenoxy) is 1. The van der Waals surface area contributed by atoms with Crippen LogP contribution in [0.4, 0.5) is 10.1 Å². The molecule has 0 atom stereocenters. The summed E-state index contributed by atoms with van der Waals surface area (Å²) >= 11 is 6.06. The van der Waals surface area contributed by atoms with Gasteiger partial charge >= 0.3 is 0 Å². The molecule has 2 heterocycles. The number of anilines is 1. The summed E-state index contributed by atoms with van der Waals surface area (Å²) in [6.07, 6.45) is 4.68. The van der Waals surface area contributed by atoms with Gasteiger partial charge in [0, 0.05) is 23.5 Å². The maximum Gasteiger partial charge on any atom is 0.213 e. The minimum Gasteiger partial charge on any atom is -0.494 e. The van der Waals surface area contributed by atoms with Gasteiger partial charge in [0.15, 0.2) is 0 Å². The zero-order chi connectivity index (χ0) is 18.0. The van der Waals surface area contributed by atoms with Gasteiger partial charge < -0.3 is 15.2 Å². The molecule has 0 aromatic carbocycles. The Morgan fingerprint density at radius 2 is 2.08 bits per heavy atom. The van der Waals surface area contributed by atoms with Crippen molar-refractivity contribution in [3.8, 4) is 17.0 Å². The van der Waals surface area contributed by atoms with E-state index in [2.05, 4.69) is 15.3 Å². The van der Waals surface area contributed by atoms with Crippen molar-refractivity contribution < 1.29 is 14.2 Å². The molecule has 7 heteroatoms. The van der Waals surface area contributed by atoms with Gasteiger partial charge in [-0.15, -0.1) is 0 Å². The quantitative estimate of drug-likeness (QED) is 0.800. The number of methoxy groups -OCH3 is 1. The van der Waals surface area contributed by atoms with Crippen molar-refractivity contribution in [1.82, 2.24) is 9.97 Å². The minimum absolute atomic E-state index is 0.192. The second kappa shape index (κ2) is 7.14. The van der Waals surface area contributed by atoms with E-state index in [1.807, 2.05) is 6.92 Å². The fourth-order valence-corrected chi connectivity index (χ4v) is 3.28. The number of nitrogens with zero attached hydrogens (tertiary/aromatic N) is 2. The zero-order valence-corrected chi connectivity index (χ0v) is 15.0. The first-order chi connectivity index (χ1) is 11.9. The summed E-state index contributed by atoms with van der Waals surface area (Å²) in [7, 11) is 1.51. The molecule has 1 aliphatic rings. The lowest BCUT2D eigenvalue weighted by Crippen LogP contribution is -2.35. The van der Waals surface area contributed by atoms with E-state index >= 15 is 0 Å². The van der Waals surface area contributed by atoms with E-state index < -0.39 is 11.5 Å². The molecule has 0 unspecified atom stereocenters. The van der Waals surface area contributed by atoms with Crippen LogP contribution in [0.2, 0.25) is 5.15 Å². The Morgan fingerprint density at radius 1 is 1.36 bits per heavy atom. The highest BCUT2D eigenvalue weighted by atomic mass is 35.5. The number of aromatic nitrogens is 2. The second-order valence-corrected chi connectivity index (χ2v) is 7.04. The van der Waals surface area contributed by atoms with Gasteiger partial charge in [-0.1, -0.05) is 11.6 Å². The summed E-state index contributed by atoms with van der Waals surface area (Å²) in [6, 6.07) is 4.68. The number of pyridine rings is 2. The van der Waals surface area contributed by atoms with E-state index in [4.69, 9.17) is 16.3 Å². The van der Waals surface area contributed by atoms with E-state index in [1.165, 1.54) is 19.2 Å². The first kappa shape index (κ1) is 17.9. The molecule has 0 saturated heterocycles. The monoisotopic (exact) mass is 365 g/mol. The van der Waals surface area contributed by atoms with Crippen molar-refractivity contribution in [2.75, 3.05) is 12.4 Å². The third-order valence-corrected chi connectivity index (χ3v) is 4.80. The molecule has 2 aromatic rings. The molecule has 0 amide bonds. The van der Waals surface area contributed by atoms with Gasteiger partial charge in [0.05, 0.1) is 12.7 Å². The van der Waals surface area contributed by atoms with Crippen LogP contribution in [0.1, 0.15) is 32.6 Å². The van der Waals surface area contributed by atoms with Crippen LogP contribution in [0.3, 0.4) is 0 Å². The number of nitrogens with one attached hydrogen (secondary N) is 1. The van der Waals surface area contributed by atoms with E-state index in [0.717, 1.165) is 31.4 Å². The molecule has 0 spiro atoms.